The maximum absolute atomic E-state index is 4.93. The first-order valence-corrected chi connectivity index (χ1v) is 21.3. The second kappa shape index (κ2) is 18.8. The van der Waals surface area contributed by atoms with E-state index < -0.39 is 20.8 Å². The predicted octanol–water partition coefficient (Wildman–Crippen LogP) is 7.42. The van der Waals surface area contributed by atoms with Gasteiger partial charge in [-0.2, -0.15) is 28.7 Å². The standard InChI is InChI=1S/C20H30.C10H15.C9H7.4ClH.2Zr/c1-11-13(3)17(19(7,8)15(11)5)18-14(4)12(2)16(6)20(18,9)10;1-7-6-10(4,5)9(3)8(7)2;1-2-5-9-7-3-6-8(9)4-1;;;;;;/h1-10H3;1-5H3;1-7H;4*1H;;/q;2*-1;;;;;+2;+3/p-4. The van der Waals surface area contributed by atoms with Gasteiger partial charge in [0, 0.05) is 10.8 Å². The van der Waals surface area contributed by atoms with Crippen LogP contribution in [0.15, 0.2) is 104 Å². The van der Waals surface area contributed by atoms with Gasteiger partial charge in [-0.05, 0) is 75.0 Å². The minimum absolute atomic E-state index is 0. The number of benzene rings is 1. The Balaban J connectivity index is 0. The van der Waals surface area contributed by atoms with Crippen LogP contribution >= 0.6 is 17.0 Å². The third kappa shape index (κ3) is 10.1. The molecule has 0 N–H and O–H groups in total. The fourth-order valence-corrected chi connectivity index (χ4v) is 6.66. The Morgan fingerprint density at radius 3 is 1.27 bits per heavy atom. The van der Waals surface area contributed by atoms with Crippen LogP contribution < -0.4 is 24.8 Å². The molecule has 3 aliphatic rings. The molecule has 2 aromatic rings. The first-order chi connectivity index (χ1) is 19.3. The smallest absolute Gasteiger partial charge is 0.168 e. The predicted molar refractivity (Wildman–Crippen MR) is 186 cm³/mol. The van der Waals surface area contributed by atoms with E-state index in [2.05, 4.69) is 152 Å². The largest absolute Gasteiger partial charge is 3.00 e. The summed E-state index contributed by atoms with van der Waals surface area (Å²) in [7, 11) is 9.87. The van der Waals surface area contributed by atoms with E-state index >= 15 is 0 Å². The zero-order valence-corrected chi connectivity index (χ0v) is 38.0. The van der Waals surface area contributed by atoms with Crippen molar-refractivity contribution >= 4 is 27.8 Å². The molecule has 0 heterocycles. The fourth-order valence-electron chi connectivity index (χ4n) is 6.66. The Labute approximate surface area is 326 Å². The second-order valence-corrected chi connectivity index (χ2v) is 17.3. The van der Waals surface area contributed by atoms with E-state index in [4.69, 9.17) is 17.0 Å². The molecule has 0 atom stereocenters. The molecule has 3 aliphatic carbocycles. The average molecular weight is 845 g/mol. The van der Waals surface area contributed by atoms with Crippen LogP contribution in [0.2, 0.25) is 0 Å². The number of fused-ring (bicyclic) bond motifs is 1. The van der Waals surface area contributed by atoms with Crippen LogP contribution in [-0.2, 0) is 47.1 Å². The average Bonchev–Trinajstić information content (AvgIpc) is 3.55. The van der Waals surface area contributed by atoms with Crippen LogP contribution in [0.3, 0.4) is 0 Å². The van der Waals surface area contributed by atoms with Crippen molar-refractivity contribution in [2.45, 2.75) is 104 Å². The van der Waals surface area contributed by atoms with Crippen molar-refractivity contribution in [2.75, 3.05) is 0 Å². The van der Waals surface area contributed by atoms with Gasteiger partial charge in [0.15, 0.2) is 0 Å². The van der Waals surface area contributed by atoms with Crippen molar-refractivity contribution in [2.24, 2.45) is 16.2 Å². The van der Waals surface area contributed by atoms with Gasteiger partial charge in [0.05, 0.1) is 0 Å². The summed E-state index contributed by atoms with van der Waals surface area (Å²) in [6.07, 6.45) is 3.44. The molecule has 0 saturated carbocycles. The Bertz CT molecular complexity index is 1430. The molecule has 0 aromatic heterocycles. The number of hydrogen-bond acceptors (Lipinski definition) is 0. The van der Waals surface area contributed by atoms with Crippen molar-refractivity contribution in [1.29, 1.82) is 0 Å². The molecule has 0 unspecified atom stereocenters. The fraction of sp³-hybridized carbons (Fsp3) is 0.462. The van der Waals surface area contributed by atoms with Gasteiger partial charge < -0.3 is 24.8 Å². The van der Waals surface area contributed by atoms with Crippen LogP contribution in [0.1, 0.15) is 104 Å². The van der Waals surface area contributed by atoms with E-state index in [1.54, 1.807) is 11.1 Å². The maximum Gasteiger partial charge on any atom is 3.00 e. The van der Waals surface area contributed by atoms with Crippen LogP contribution in [-0.4, -0.2) is 0 Å². The van der Waals surface area contributed by atoms with Crippen molar-refractivity contribution in [3.8, 4) is 0 Å². The van der Waals surface area contributed by atoms with Crippen molar-refractivity contribution < 1.29 is 71.9 Å². The normalized spacial score (nSPS) is 18.9. The van der Waals surface area contributed by atoms with Gasteiger partial charge in [0.1, 0.15) is 0 Å². The van der Waals surface area contributed by atoms with Crippen LogP contribution in [0.25, 0.3) is 10.8 Å². The summed E-state index contributed by atoms with van der Waals surface area (Å²) in [6, 6.07) is 14.7. The van der Waals surface area contributed by atoms with E-state index in [1.165, 1.54) is 60.9 Å². The molecule has 2 aromatic carbocycles. The number of rotatable bonds is 1. The SMILES string of the molecule is CC1=C(C)C(C)(C)C(C2=C(C)C(C)=C(C)C2(C)C)=C1C.CC1=[C-]C(C)(C)C(C)=C1C.[Cl-].[Cl-].[Cl][Zr][Cl].[Zr+3].c1ccc2[cH-]ccc2c1. The molecular weight excluding hydrogens is 793 g/mol. The van der Waals surface area contributed by atoms with Crippen LogP contribution in [0.5, 0.6) is 0 Å². The summed E-state index contributed by atoms with van der Waals surface area (Å²) in [5.74, 6) is 0. The van der Waals surface area contributed by atoms with Gasteiger partial charge in [-0.3, -0.25) is 6.08 Å². The van der Waals surface area contributed by atoms with E-state index in [0.717, 1.165) is 0 Å². The third-order valence-corrected chi connectivity index (χ3v) is 10.5. The summed E-state index contributed by atoms with van der Waals surface area (Å²) in [5.41, 5.74) is 16.9. The zero-order chi connectivity index (χ0) is 32.4. The molecule has 1 radical (unpaired) electrons. The first-order valence-electron chi connectivity index (χ1n) is 14.9. The Kier molecular flexibility index (Phi) is 19.8. The molecule has 45 heavy (non-hydrogen) atoms. The van der Waals surface area contributed by atoms with E-state index in [0.29, 0.717) is 0 Å². The Morgan fingerprint density at radius 2 is 1.00 bits per heavy atom. The molecule has 0 bridgehead atoms. The number of allylic oxidation sites excluding steroid dienone is 12. The monoisotopic (exact) mass is 840 g/mol. The van der Waals surface area contributed by atoms with Crippen molar-refractivity contribution in [1.82, 2.24) is 0 Å². The van der Waals surface area contributed by atoms with Crippen molar-refractivity contribution in [3.63, 3.8) is 0 Å². The van der Waals surface area contributed by atoms with E-state index in [-0.39, 0.29) is 67.3 Å². The van der Waals surface area contributed by atoms with Gasteiger partial charge in [0.2, 0.25) is 0 Å². The Morgan fingerprint density at radius 1 is 0.600 bits per heavy atom. The molecule has 0 fully saturated rings. The number of halogens is 4. The quantitative estimate of drug-likeness (QED) is 0.263. The Hall–Kier alpha value is 0.196. The van der Waals surface area contributed by atoms with Crippen LogP contribution in [0.4, 0.5) is 0 Å². The molecule has 5 rings (SSSR count). The van der Waals surface area contributed by atoms with Crippen molar-refractivity contribution in [3.05, 3.63) is 110 Å². The molecule has 0 amide bonds. The van der Waals surface area contributed by atoms with Gasteiger partial charge in [0.25, 0.3) is 0 Å². The molecule has 6 heteroatoms. The summed E-state index contributed by atoms with van der Waals surface area (Å²) in [5, 5.41) is 2.66. The zero-order valence-electron chi connectivity index (χ0n) is 30.1. The first kappa shape index (κ1) is 47.3. The third-order valence-electron chi connectivity index (χ3n) is 10.5. The summed E-state index contributed by atoms with van der Waals surface area (Å²) >= 11 is -0.826. The molecule has 0 nitrogen and oxygen atoms in total. The van der Waals surface area contributed by atoms with Gasteiger partial charge in [-0.25, -0.2) is 5.57 Å². The minimum Gasteiger partial charge on any atom is -0.168 e. The topological polar surface area (TPSA) is 0 Å². The summed E-state index contributed by atoms with van der Waals surface area (Å²) in [4.78, 5) is 0. The second-order valence-electron chi connectivity index (χ2n) is 13.6. The molecule has 0 saturated heterocycles. The molecular formula is C39H52Cl4Zr2-. The maximum atomic E-state index is 4.93. The van der Waals surface area contributed by atoms with E-state index in [9.17, 15) is 0 Å². The van der Waals surface area contributed by atoms with Gasteiger partial charge in [-0.1, -0.05) is 78.0 Å². The summed E-state index contributed by atoms with van der Waals surface area (Å²) in [6.45, 7) is 34.2. The molecule has 0 aliphatic heterocycles. The molecule has 0 spiro atoms. The van der Waals surface area contributed by atoms with Gasteiger partial charge >= 0.3 is 64.1 Å². The molecule has 245 valence electrons. The summed E-state index contributed by atoms with van der Waals surface area (Å²) < 4.78 is 0. The number of hydrogen-bond donors (Lipinski definition) is 0. The van der Waals surface area contributed by atoms with Gasteiger partial charge in [-0.15, -0.1) is 36.6 Å². The van der Waals surface area contributed by atoms with E-state index in [1.807, 2.05) is 0 Å². The van der Waals surface area contributed by atoms with Crippen LogP contribution in [0, 0.1) is 22.3 Å². The minimum atomic E-state index is -0.826.